The molecule has 0 fully saturated rings. The molecule has 0 aliphatic carbocycles. The normalized spacial score (nSPS) is 13.5. The molecule has 2 N–H and O–H groups in total. The monoisotopic (exact) mass is 393 g/mol. The fourth-order valence-corrected chi connectivity index (χ4v) is 2.13. The number of hydrogen-bond donors (Lipinski definition) is 2. The van der Waals surface area contributed by atoms with Crippen molar-refractivity contribution in [2.24, 2.45) is 0 Å². The highest BCUT2D eigenvalue weighted by Crippen LogP contribution is 2.27. The van der Waals surface area contributed by atoms with Crippen LogP contribution in [-0.4, -0.2) is 30.1 Å². The second-order valence-corrected chi connectivity index (χ2v) is 5.34. The quantitative estimate of drug-likeness (QED) is 0.571. The zero-order valence-electron chi connectivity index (χ0n) is 10.1. The average molecular weight is 395 g/mol. The maximum atomic E-state index is 11.7. The molecule has 0 saturated carbocycles. The lowest BCUT2D eigenvalue weighted by atomic mass is 10.0. The number of carbonyl (C=O) groups excluding carboxylic acids is 2. The Kier molecular flexibility index (Phi) is 6.47. The summed E-state index contributed by atoms with van der Waals surface area (Å²) in [6, 6.07) is 3.91. The number of halogens is 2. The lowest BCUT2D eigenvalue weighted by molar-refractivity contribution is -0.149. The molecule has 0 saturated heterocycles. The predicted molar refractivity (Wildman–Crippen MR) is 76.4 cm³/mol. The molecule has 2 unspecified atom stereocenters. The smallest absolute Gasteiger partial charge is 0.331 e. The Morgan fingerprint density at radius 1 is 1.47 bits per heavy atom. The highest BCUT2D eigenvalue weighted by Gasteiger charge is 2.29. The van der Waals surface area contributed by atoms with Crippen molar-refractivity contribution in [2.45, 2.75) is 19.1 Å². The second-order valence-electron chi connectivity index (χ2n) is 3.63. The standard InChI is InChI=1S/C12H13Br2NO4/c1-2-19-12(18)10(15-6-16)11(17)7-3-4-8(13)9(14)5-7/h3-6,10-11,17H,2H2,1H3,(H,15,16). The van der Waals surface area contributed by atoms with Crippen molar-refractivity contribution < 1.29 is 19.4 Å². The zero-order chi connectivity index (χ0) is 14.4. The van der Waals surface area contributed by atoms with Crippen LogP contribution in [-0.2, 0) is 14.3 Å². The van der Waals surface area contributed by atoms with E-state index in [0.29, 0.717) is 12.0 Å². The van der Waals surface area contributed by atoms with E-state index in [0.717, 1.165) is 8.95 Å². The maximum Gasteiger partial charge on any atom is 0.331 e. The molecule has 104 valence electrons. The molecule has 0 aliphatic rings. The molecule has 0 aliphatic heterocycles. The zero-order valence-corrected chi connectivity index (χ0v) is 13.3. The SMILES string of the molecule is CCOC(=O)C(NC=O)C(O)c1ccc(Br)c(Br)c1. The van der Waals surface area contributed by atoms with Crippen LogP contribution < -0.4 is 5.32 Å². The van der Waals surface area contributed by atoms with Crippen LogP contribution in [0.25, 0.3) is 0 Å². The van der Waals surface area contributed by atoms with Crippen molar-refractivity contribution in [3.8, 4) is 0 Å². The minimum atomic E-state index is -1.19. The third-order valence-electron chi connectivity index (χ3n) is 2.39. The number of amides is 1. The van der Waals surface area contributed by atoms with E-state index in [2.05, 4.69) is 37.2 Å². The summed E-state index contributed by atoms with van der Waals surface area (Å²) in [5, 5.41) is 12.4. The van der Waals surface area contributed by atoms with E-state index in [4.69, 9.17) is 4.74 Å². The number of ether oxygens (including phenoxy) is 1. The predicted octanol–water partition coefficient (Wildman–Crippen LogP) is 1.92. The molecule has 0 aromatic heterocycles. The molecule has 1 aromatic rings. The number of rotatable bonds is 6. The minimum Gasteiger partial charge on any atom is -0.464 e. The number of nitrogens with one attached hydrogen (secondary N) is 1. The molecule has 1 amide bonds. The molecule has 19 heavy (non-hydrogen) atoms. The van der Waals surface area contributed by atoms with Gasteiger partial charge >= 0.3 is 5.97 Å². The fraction of sp³-hybridized carbons (Fsp3) is 0.333. The Labute approximate surface area is 127 Å². The largest absolute Gasteiger partial charge is 0.464 e. The lowest BCUT2D eigenvalue weighted by Crippen LogP contribution is -2.42. The first-order valence-corrected chi connectivity index (χ1v) is 7.09. The first kappa shape index (κ1) is 16.1. The average Bonchev–Trinajstić information content (AvgIpc) is 2.38. The number of carbonyl (C=O) groups is 2. The van der Waals surface area contributed by atoms with Gasteiger partial charge in [-0.15, -0.1) is 0 Å². The maximum absolute atomic E-state index is 11.7. The molecule has 0 radical (unpaired) electrons. The molecule has 0 heterocycles. The van der Waals surface area contributed by atoms with E-state index in [-0.39, 0.29) is 6.61 Å². The van der Waals surface area contributed by atoms with E-state index in [1.165, 1.54) is 0 Å². The van der Waals surface area contributed by atoms with Crippen LogP contribution in [0, 0.1) is 0 Å². The highest BCUT2D eigenvalue weighted by molar-refractivity contribution is 9.13. The molecule has 1 rings (SSSR count). The Balaban J connectivity index is 2.97. The van der Waals surface area contributed by atoms with Gasteiger partial charge in [0.25, 0.3) is 0 Å². The Hall–Kier alpha value is -0.920. The van der Waals surface area contributed by atoms with Crippen molar-refractivity contribution in [1.29, 1.82) is 0 Å². The summed E-state index contributed by atoms with van der Waals surface area (Å²) < 4.78 is 6.36. The van der Waals surface area contributed by atoms with Crippen LogP contribution in [0.3, 0.4) is 0 Å². The van der Waals surface area contributed by atoms with Gasteiger partial charge in [0.1, 0.15) is 6.10 Å². The van der Waals surface area contributed by atoms with Crippen molar-refractivity contribution >= 4 is 44.2 Å². The number of benzene rings is 1. The first-order valence-electron chi connectivity index (χ1n) is 5.50. The van der Waals surface area contributed by atoms with Gasteiger partial charge in [-0.3, -0.25) is 4.79 Å². The fourth-order valence-electron chi connectivity index (χ4n) is 1.48. The Morgan fingerprint density at radius 3 is 2.68 bits per heavy atom. The van der Waals surface area contributed by atoms with Gasteiger partial charge < -0.3 is 15.2 Å². The molecule has 1 aromatic carbocycles. The highest BCUT2D eigenvalue weighted by atomic mass is 79.9. The molecule has 7 heteroatoms. The van der Waals surface area contributed by atoms with Crippen molar-refractivity contribution in [1.82, 2.24) is 5.32 Å². The van der Waals surface area contributed by atoms with Gasteiger partial charge in [-0.25, -0.2) is 4.79 Å². The van der Waals surface area contributed by atoms with Crippen LogP contribution in [0.4, 0.5) is 0 Å². The third kappa shape index (κ3) is 4.29. The second kappa shape index (κ2) is 7.62. The summed E-state index contributed by atoms with van der Waals surface area (Å²) in [6.07, 6.45) is -0.827. The molecular formula is C12H13Br2NO4. The van der Waals surface area contributed by atoms with Gasteiger partial charge in [0.05, 0.1) is 6.61 Å². The number of esters is 1. The van der Waals surface area contributed by atoms with Gasteiger partial charge in [-0.2, -0.15) is 0 Å². The number of aliphatic hydroxyl groups excluding tert-OH is 1. The van der Waals surface area contributed by atoms with E-state index in [9.17, 15) is 14.7 Å². The van der Waals surface area contributed by atoms with E-state index in [1.807, 2.05) is 0 Å². The lowest BCUT2D eigenvalue weighted by Gasteiger charge is -2.21. The van der Waals surface area contributed by atoms with Crippen LogP contribution in [0.15, 0.2) is 27.1 Å². The number of aliphatic hydroxyl groups is 1. The van der Waals surface area contributed by atoms with Crippen LogP contribution in [0.2, 0.25) is 0 Å². The van der Waals surface area contributed by atoms with Crippen molar-refractivity contribution in [2.75, 3.05) is 6.61 Å². The Morgan fingerprint density at radius 2 is 2.16 bits per heavy atom. The van der Waals surface area contributed by atoms with Crippen LogP contribution >= 0.6 is 31.9 Å². The summed E-state index contributed by atoms with van der Waals surface area (Å²) in [7, 11) is 0. The molecule has 5 nitrogen and oxygen atoms in total. The van der Waals surface area contributed by atoms with Gasteiger partial charge in [0.15, 0.2) is 6.04 Å². The Bertz CT molecular complexity index is 467. The summed E-state index contributed by atoms with van der Waals surface area (Å²) >= 11 is 6.61. The number of hydrogen-bond acceptors (Lipinski definition) is 4. The summed E-state index contributed by atoms with van der Waals surface area (Å²) in [5.74, 6) is -0.679. The topological polar surface area (TPSA) is 75.6 Å². The van der Waals surface area contributed by atoms with Gasteiger partial charge in [-0.1, -0.05) is 6.07 Å². The molecule has 0 spiro atoms. The molecular weight excluding hydrogens is 382 g/mol. The first-order chi connectivity index (χ1) is 9.01. The molecule has 2 atom stereocenters. The third-order valence-corrected chi connectivity index (χ3v) is 4.27. The van der Waals surface area contributed by atoms with Gasteiger partial charge in [-0.05, 0) is 56.5 Å². The van der Waals surface area contributed by atoms with Crippen molar-refractivity contribution in [3.05, 3.63) is 32.7 Å². The van der Waals surface area contributed by atoms with Crippen molar-refractivity contribution in [3.63, 3.8) is 0 Å². The van der Waals surface area contributed by atoms with E-state index < -0.39 is 18.1 Å². The van der Waals surface area contributed by atoms with E-state index >= 15 is 0 Å². The van der Waals surface area contributed by atoms with Gasteiger partial charge in [0.2, 0.25) is 6.41 Å². The van der Waals surface area contributed by atoms with Crippen LogP contribution in [0.5, 0.6) is 0 Å². The summed E-state index contributed by atoms with van der Waals surface area (Å²) in [6.45, 7) is 1.82. The summed E-state index contributed by atoms with van der Waals surface area (Å²) in [4.78, 5) is 22.2. The van der Waals surface area contributed by atoms with Crippen LogP contribution in [0.1, 0.15) is 18.6 Å². The minimum absolute atomic E-state index is 0.173. The summed E-state index contributed by atoms with van der Waals surface area (Å²) in [5.41, 5.74) is 0.488. The van der Waals surface area contributed by atoms with Gasteiger partial charge in [0, 0.05) is 8.95 Å². The molecule has 0 bridgehead atoms. The van der Waals surface area contributed by atoms with E-state index in [1.54, 1.807) is 25.1 Å².